The van der Waals surface area contributed by atoms with Crippen molar-refractivity contribution in [3.05, 3.63) is 35.9 Å². The van der Waals surface area contributed by atoms with Crippen molar-refractivity contribution in [3.8, 4) is 0 Å². The molecule has 118 valence electrons. The SMILES string of the molecule is CO.O=C[C@@H]1CCCN(CCOCCc2ccccc2)C1. The van der Waals surface area contributed by atoms with Crippen molar-refractivity contribution < 1.29 is 14.6 Å². The molecule has 4 nitrogen and oxygen atoms in total. The van der Waals surface area contributed by atoms with E-state index in [1.54, 1.807) is 0 Å². The summed E-state index contributed by atoms with van der Waals surface area (Å²) in [5.41, 5.74) is 1.32. The quantitative estimate of drug-likeness (QED) is 0.615. The lowest BCUT2D eigenvalue weighted by Crippen LogP contribution is -2.38. The van der Waals surface area contributed by atoms with Gasteiger partial charge in [0.25, 0.3) is 0 Å². The minimum atomic E-state index is 0.234. The number of piperidine rings is 1. The number of carbonyl (C=O) groups excluding carboxylic acids is 1. The van der Waals surface area contributed by atoms with Crippen LogP contribution in [0, 0.1) is 5.92 Å². The van der Waals surface area contributed by atoms with Crippen LogP contribution in [0.25, 0.3) is 0 Å². The summed E-state index contributed by atoms with van der Waals surface area (Å²) in [4.78, 5) is 13.1. The van der Waals surface area contributed by atoms with Gasteiger partial charge in [0.05, 0.1) is 13.2 Å². The number of carbonyl (C=O) groups is 1. The van der Waals surface area contributed by atoms with Gasteiger partial charge in [0.2, 0.25) is 0 Å². The molecular weight excluding hydrogens is 266 g/mol. The Bertz CT molecular complexity index is 370. The van der Waals surface area contributed by atoms with Gasteiger partial charge in [-0.1, -0.05) is 30.3 Å². The highest BCUT2D eigenvalue weighted by Crippen LogP contribution is 2.13. The molecule has 1 aliphatic heterocycles. The van der Waals surface area contributed by atoms with Gasteiger partial charge in [0.15, 0.2) is 0 Å². The van der Waals surface area contributed by atoms with Crippen LogP contribution in [0.15, 0.2) is 30.3 Å². The molecule has 0 aromatic heterocycles. The van der Waals surface area contributed by atoms with Gasteiger partial charge in [-0.15, -0.1) is 0 Å². The molecule has 1 fully saturated rings. The van der Waals surface area contributed by atoms with E-state index < -0.39 is 0 Å². The summed E-state index contributed by atoms with van der Waals surface area (Å²) in [6.07, 6.45) is 4.25. The molecule has 0 bridgehead atoms. The fourth-order valence-corrected chi connectivity index (χ4v) is 2.54. The topological polar surface area (TPSA) is 49.8 Å². The van der Waals surface area contributed by atoms with Crippen LogP contribution < -0.4 is 0 Å². The number of hydrogen-bond acceptors (Lipinski definition) is 4. The van der Waals surface area contributed by atoms with E-state index in [9.17, 15) is 4.79 Å². The van der Waals surface area contributed by atoms with Crippen LogP contribution in [0.1, 0.15) is 18.4 Å². The van der Waals surface area contributed by atoms with Crippen LogP contribution in [0.5, 0.6) is 0 Å². The first-order chi connectivity index (χ1) is 10.4. The van der Waals surface area contributed by atoms with E-state index in [4.69, 9.17) is 9.84 Å². The van der Waals surface area contributed by atoms with Gasteiger partial charge < -0.3 is 19.5 Å². The Morgan fingerprint density at radius 3 is 2.76 bits per heavy atom. The smallest absolute Gasteiger partial charge is 0.124 e. The second-order valence-electron chi connectivity index (χ2n) is 5.19. The molecule has 1 heterocycles. The summed E-state index contributed by atoms with van der Waals surface area (Å²) >= 11 is 0. The molecule has 1 saturated heterocycles. The fourth-order valence-electron chi connectivity index (χ4n) is 2.54. The molecule has 2 rings (SSSR count). The monoisotopic (exact) mass is 293 g/mol. The van der Waals surface area contributed by atoms with Crippen molar-refractivity contribution in [1.82, 2.24) is 4.90 Å². The highest BCUT2D eigenvalue weighted by atomic mass is 16.5. The number of aldehydes is 1. The van der Waals surface area contributed by atoms with E-state index in [0.29, 0.717) is 0 Å². The second kappa shape index (κ2) is 11.4. The van der Waals surface area contributed by atoms with E-state index in [1.807, 2.05) is 6.07 Å². The van der Waals surface area contributed by atoms with E-state index >= 15 is 0 Å². The zero-order valence-electron chi connectivity index (χ0n) is 12.9. The number of benzene rings is 1. The lowest BCUT2D eigenvalue weighted by molar-refractivity contribution is -0.112. The highest BCUT2D eigenvalue weighted by Gasteiger charge is 2.18. The normalized spacial score (nSPS) is 18.7. The lowest BCUT2D eigenvalue weighted by Gasteiger charge is -2.29. The van der Waals surface area contributed by atoms with Crippen molar-refractivity contribution in [3.63, 3.8) is 0 Å². The van der Waals surface area contributed by atoms with Crippen molar-refractivity contribution in [1.29, 1.82) is 0 Å². The predicted molar refractivity (Wildman–Crippen MR) is 84.3 cm³/mol. The standard InChI is InChI=1S/C16H23NO2.CH4O/c18-14-16-7-4-9-17(13-16)10-12-19-11-8-15-5-2-1-3-6-15;1-2/h1-3,5-6,14,16H,4,7-13H2;2H,1H3/t16-;/m1./s1. The molecule has 0 unspecified atom stereocenters. The summed E-state index contributed by atoms with van der Waals surface area (Å²) in [6.45, 7) is 4.49. The third-order valence-corrected chi connectivity index (χ3v) is 3.66. The van der Waals surface area contributed by atoms with Crippen LogP contribution in [0.2, 0.25) is 0 Å². The molecular formula is C17H27NO3. The fraction of sp³-hybridized carbons (Fsp3) is 0.588. The summed E-state index contributed by atoms with van der Waals surface area (Å²) in [7, 11) is 1.00. The number of aliphatic hydroxyl groups is 1. The highest BCUT2D eigenvalue weighted by molar-refractivity contribution is 5.53. The van der Waals surface area contributed by atoms with Crippen molar-refractivity contribution >= 4 is 6.29 Å². The molecule has 4 heteroatoms. The first-order valence-corrected chi connectivity index (χ1v) is 7.62. The summed E-state index contributed by atoms with van der Waals surface area (Å²) < 4.78 is 5.68. The Kier molecular flexibility index (Phi) is 9.70. The molecule has 0 saturated carbocycles. The Morgan fingerprint density at radius 2 is 2.05 bits per heavy atom. The van der Waals surface area contributed by atoms with E-state index in [2.05, 4.69) is 29.2 Å². The van der Waals surface area contributed by atoms with Crippen LogP contribution >= 0.6 is 0 Å². The number of rotatable bonds is 7. The number of hydrogen-bond donors (Lipinski definition) is 1. The largest absolute Gasteiger partial charge is 0.400 e. The van der Waals surface area contributed by atoms with Gasteiger partial charge >= 0.3 is 0 Å². The van der Waals surface area contributed by atoms with Crippen molar-refractivity contribution in [2.45, 2.75) is 19.3 Å². The third-order valence-electron chi connectivity index (χ3n) is 3.66. The molecule has 0 aliphatic carbocycles. The van der Waals surface area contributed by atoms with E-state index in [1.165, 1.54) is 5.56 Å². The Balaban J connectivity index is 0.00000106. The first-order valence-electron chi connectivity index (χ1n) is 7.62. The number of ether oxygens (including phenoxy) is 1. The summed E-state index contributed by atoms with van der Waals surface area (Å²) in [5.74, 6) is 0.234. The summed E-state index contributed by atoms with van der Waals surface area (Å²) in [6, 6.07) is 10.4. The zero-order valence-corrected chi connectivity index (χ0v) is 12.9. The molecule has 1 aromatic rings. The molecule has 1 aromatic carbocycles. The van der Waals surface area contributed by atoms with Gasteiger partial charge in [0, 0.05) is 26.1 Å². The molecule has 0 amide bonds. The van der Waals surface area contributed by atoms with Gasteiger partial charge in [-0.2, -0.15) is 0 Å². The van der Waals surface area contributed by atoms with Gasteiger partial charge in [0.1, 0.15) is 6.29 Å². The first kappa shape index (κ1) is 17.8. The van der Waals surface area contributed by atoms with E-state index in [0.717, 1.165) is 65.5 Å². The zero-order chi connectivity index (χ0) is 15.3. The lowest BCUT2D eigenvalue weighted by atomic mass is 10.00. The van der Waals surface area contributed by atoms with Crippen LogP contribution in [0.4, 0.5) is 0 Å². The molecule has 0 spiro atoms. The maximum atomic E-state index is 10.8. The Hall–Kier alpha value is -1.23. The third kappa shape index (κ3) is 7.37. The molecule has 21 heavy (non-hydrogen) atoms. The maximum Gasteiger partial charge on any atom is 0.124 e. The number of aliphatic hydroxyl groups excluding tert-OH is 1. The Labute approximate surface area is 127 Å². The average Bonchev–Trinajstić information content (AvgIpc) is 2.57. The number of likely N-dealkylation sites (tertiary alicyclic amines) is 1. The minimum absolute atomic E-state index is 0.234. The molecule has 1 aliphatic rings. The van der Waals surface area contributed by atoms with Crippen LogP contribution in [-0.2, 0) is 16.0 Å². The number of nitrogens with zero attached hydrogens (tertiary/aromatic N) is 1. The average molecular weight is 293 g/mol. The van der Waals surface area contributed by atoms with Crippen LogP contribution in [-0.4, -0.2) is 56.3 Å². The molecule has 1 atom stereocenters. The molecule has 0 radical (unpaired) electrons. The minimum Gasteiger partial charge on any atom is -0.400 e. The van der Waals surface area contributed by atoms with Crippen LogP contribution in [0.3, 0.4) is 0 Å². The molecule has 1 N–H and O–H groups in total. The summed E-state index contributed by atoms with van der Waals surface area (Å²) in [5, 5.41) is 7.00. The Morgan fingerprint density at radius 1 is 1.29 bits per heavy atom. The van der Waals surface area contributed by atoms with Crippen molar-refractivity contribution in [2.75, 3.05) is 40.0 Å². The van der Waals surface area contributed by atoms with Gasteiger partial charge in [-0.3, -0.25) is 0 Å². The van der Waals surface area contributed by atoms with Gasteiger partial charge in [-0.25, -0.2) is 0 Å². The van der Waals surface area contributed by atoms with Crippen molar-refractivity contribution in [2.24, 2.45) is 5.92 Å². The van der Waals surface area contributed by atoms with Gasteiger partial charge in [-0.05, 0) is 31.4 Å². The second-order valence-corrected chi connectivity index (χ2v) is 5.19. The van der Waals surface area contributed by atoms with E-state index in [-0.39, 0.29) is 5.92 Å². The predicted octanol–water partition coefficient (Wildman–Crippen LogP) is 1.77. The maximum absolute atomic E-state index is 10.8.